The van der Waals surface area contributed by atoms with Crippen LogP contribution in [0, 0.1) is 11.3 Å². The smallest absolute Gasteiger partial charge is 0.347 e. The van der Waals surface area contributed by atoms with Crippen molar-refractivity contribution in [2.45, 2.75) is 18.8 Å². The van der Waals surface area contributed by atoms with Crippen LogP contribution in [-0.4, -0.2) is 32.8 Å². The molecule has 4 rings (SSSR count). The van der Waals surface area contributed by atoms with Crippen LogP contribution in [0.5, 0.6) is 0 Å². The molecule has 0 radical (unpaired) electrons. The lowest BCUT2D eigenvalue weighted by Crippen LogP contribution is -2.36. The molecule has 1 aliphatic heterocycles. The fraction of sp³-hybridized carbons (Fsp3) is 0.263. The van der Waals surface area contributed by atoms with Crippen molar-refractivity contribution in [3.8, 4) is 11.8 Å². The maximum Gasteiger partial charge on any atom is 0.347 e. The molecule has 7 heteroatoms. The Kier molecular flexibility index (Phi) is 4.23. The first kappa shape index (κ1) is 16.1. The van der Waals surface area contributed by atoms with Gasteiger partial charge in [-0.25, -0.2) is 19.4 Å². The Balaban J connectivity index is 1.65. The molecule has 0 saturated carbocycles. The highest BCUT2D eigenvalue weighted by atomic mass is 16.1. The van der Waals surface area contributed by atoms with Crippen molar-refractivity contribution in [3.63, 3.8) is 0 Å². The summed E-state index contributed by atoms with van der Waals surface area (Å²) in [5, 5.41) is 16.0. The van der Waals surface area contributed by atoms with Crippen molar-refractivity contribution in [1.82, 2.24) is 19.7 Å². The Morgan fingerprint density at radius 3 is 2.88 bits per heavy atom. The van der Waals surface area contributed by atoms with Crippen LogP contribution in [0.4, 0.5) is 5.82 Å². The van der Waals surface area contributed by atoms with Gasteiger partial charge in [0, 0.05) is 25.2 Å². The zero-order valence-electron chi connectivity index (χ0n) is 14.2. The molecule has 0 bridgehead atoms. The van der Waals surface area contributed by atoms with E-state index < -0.39 is 0 Å². The molecule has 0 amide bonds. The van der Waals surface area contributed by atoms with E-state index in [9.17, 15) is 4.79 Å². The number of hydrogen-bond acceptors (Lipinski definition) is 5. The Bertz CT molecular complexity index is 1000. The number of piperidine rings is 1. The summed E-state index contributed by atoms with van der Waals surface area (Å²) in [7, 11) is 0. The van der Waals surface area contributed by atoms with E-state index in [-0.39, 0.29) is 11.6 Å². The lowest BCUT2D eigenvalue weighted by atomic mass is 9.97. The second-order valence-electron chi connectivity index (χ2n) is 6.36. The Hall–Kier alpha value is -3.40. The van der Waals surface area contributed by atoms with Crippen LogP contribution >= 0.6 is 0 Å². The average Bonchev–Trinajstić information content (AvgIpc) is 3.10. The number of aromatic amines is 1. The predicted molar refractivity (Wildman–Crippen MR) is 97.3 cm³/mol. The number of benzene rings is 1. The number of nitrogens with one attached hydrogen (secondary N) is 1. The summed E-state index contributed by atoms with van der Waals surface area (Å²) in [6.45, 7) is 1.58. The van der Waals surface area contributed by atoms with Gasteiger partial charge in [-0.15, -0.1) is 0 Å². The van der Waals surface area contributed by atoms with Crippen LogP contribution in [0.1, 0.15) is 30.1 Å². The van der Waals surface area contributed by atoms with Gasteiger partial charge < -0.3 is 4.90 Å². The van der Waals surface area contributed by atoms with Gasteiger partial charge in [0.2, 0.25) is 0 Å². The number of para-hydroxylation sites is 1. The highest BCUT2D eigenvalue weighted by Crippen LogP contribution is 2.28. The lowest BCUT2D eigenvalue weighted by Gasteiger charge is -2.33. The summed E-state index contributed by atoms with van der Waals surface area (Å²) in [4.78, 5) is 18.9. The Labute approximate surface area is 150 Å². The van der Waals surface area contributed by atoms with Gasteiger partial charge in [0.1, 0.15) is 11.6 Å². The molecule has 7 nitrogen and oxygen atoms in total. The summed E-state index contributed by atoms with van der Waals surface area (Å²) in [5.41, 5.74) is 1.17. The van der Waals surface area contributed by atoms with E-state index >= 15 is 0 Å². The Morgan fingerprint density at radius 1 is 1.23 bits per heavy atom. The summed E-state index contributed by atoms with van der Waals surface area (Å²) in [6.07, 6.45) is 3.58. The molecule has 2 aromatic heterocycles. The molecular formula is C19H18N6O. The number of pyridine rings is 1. The van der Waals surface area contributed by atoms with Gasteiger partial charge in [0.15, 0.2) is 0 Å². The zero-order valence-corrected chi connectivity index (χ0v) is 14.2. The van der Waals surface area contributed by atoms with Crippen molar-refractivity contribution in [2.75, 3.05) is 18.0 Å². The second kappa shape index (κ2) is 6.84. The minimum Gasteiger partial charge on any atom is -0.356 e. The van der Waals surface area contributed by atoms with Gasteiger partial charge in [-0.2, -0.15) is 10.4 Å². The van der Waals surface area contributed by atoms with E-state index in [1.165, 1.54) is 0 Å². The van der Waals surface area contributed by atoms with Crippen molar-refractivity contribution >= 4 is 5.82 Å². The average molecular weight is 346 g/mol. The van der Waals surface area contributed by atoms with Gasteiger partial charge in [0.25, 0.3) is 0 Å². The number of nitriles is 1. The second-order valence-corrected chi connectivity index (χ2v) is 6.36. The monoisotopic (exact) mass is 346 g/mol. The SMILES string of the molecule is N#Cc1ccnc(N2CCCC(c3n[nH]c(=O)n3-c3ccccc3)C2)c1. The first-order chi connectivity index (χ1) is 12.8. The van der Waals surface area contributed by atoms with Crippen LogP contribution in [0.15, 0.2) is 53.5 Å². The maximum absolute atomic E-state index is 12.3. The largest absolute Gasteiger partial charge is 0.356 e. The molecule has 1 aliphatic rings. The van der Waals surface area contributed by atoms with E-state index in [0.29, 0.717) is 12.1 Å². The van der Waals surface area contributed by atoms with Crippen LogP contribution in [0.2, 0.25) is 0 Å². The first-order valence-electron chi connectivity index (χ1n) is 8.60. The van der Waals surface area contributed by atoms with Gasteiger partial charge >= 0.3 is 5.69 Å². The molecule has 26 heavy (non-hydrogen) atoms. The number of H-pyrrole nitrogens is 1. The first-order valence-corrected chi connectivity index (χ1v) is 8.60. The molecule has 1 aromatic carbocycles. The van der Waals surface area contributed by atoms with Crippen molar-refractivity contribution < 1.29 is 0 Å². The van der Waals surface area contributed by atoms with E-state index in [1.54, 1.807) is 22.9 Å². The highest BCUT2D eigenvalue weighted by Gasteiger charge is 2.27. The van der Waals surface area contributed by atoms with Crippen LogP contribution in [-0.2, 0) is 0 Å². The molecule has 0 spiro atoms. The minimum atomic E-state index is -0.229. The minimum absolute atomic E-state index is 0.107. The van der Waals surface area contributed by atoms with E-state index in [1.807, 2.05) is 30.3 Å². The van der Waals surface area contributed by atoms with Gasteiger partial charge in [0.05, 0.1) is 17.3 Å². The van der Waals surface area contributed by atoms with E-state index in [0.717, 1.165) is 36.7 Å². The molecule has 0 aliphatic carbocycles. The van der Waals surface area contributed by atoms with Gasteiger partial charge in [-0.1, -0.05) is 18.2 Å². The number of rotatable bonds is 3. The maximum atomic E-state index is 12.3. The normalized spacial score (nSPS) is 17.0. The van der Waals surface area contributed by atoms with Crippen LogP contribution in [0.3, 0.4) is 0 Å². The third kappa shape index (κ3) is 2.97. The van der Waals surface area contributed by atoms with Crippen LogP contribution in [0.25, 0.3) is 5.69 Å². The number of hydrogen-bond donors (Lipinski definition) is 1. The van der Waals surface area contributed by atoms with Crippen molar-refractivity contribution in [2.24, 2.45) is 0 Å². The van der Waals surface area contributed by atoms with Gasteiger partial charge in [-0.3, -0.25) is 0 Å². The summed E-state index contributed by atoms with van der Waals surface area (Å²) in [6, 6.07) is 15.2. The quantitative estimate of drug-likeness (QED) is 0.785. The third-order valence-electron chi connectivity index (χ3n) is 4.70. The van der Waals surface area contributed by atoms with Crippen LogP contribution < -0.4 is 10.6 Å². The third-order valence-corrected chi connectivity index (χ3v) is 4.70. The fourth-order valence-corrected chi connectivity index (χ4v) is 3.47. The number of nitrogens with zero attached hydrogens (tertiary/aromatic N) is 5. The summed E-state index contributed by atoms with van der Waals surface area (Å²) < 4.78 is 1.65. The predicted octanol–water partition coefficient (Wildman–Crippen LogP) is 2.21. The molecule has 1 atom stereocenters. The topological polar surface area (TPSA) is 90.6 Å². The van der Waals surface area contributed by atoms with Crippen molar-refractivity contribution in [1.29, 1.82) is 5.26 Å². The molecule has 3 aromatic rings. The number of anilines is 1. The number of aromatic nitrogens is 4. The highest BCUT2D eigenvalue weighted by molar-refractivity contribution is 5.46. The standard InChI is InChI=1S/C19H18N6O/c20-12-14-8-9-21-17(11-14)24-10-4-5-15(13-24)18-22-23-19(26)25(18)16-6-2-1-3-7-16/h1-3,6-9,11,15H,4-5,10,13H2,(H,23,26). The van der Waals surface area contributed by atoms with E-state index in [2.05, 4.69) is 26.2 Å². The molecular weight excluding hydrogens is 328 g/mol. The summed E-state index contributed by atoms with van der Waals surface area (Å²) >= 11 is 0. The van der Waals surface area contributed by atoms with Gasteiger partial charge in [-0.05, 0) is 37.1 Å². The van der Waals surface area contributed by atoms with E-state index in [4.69, 9.17) is 5.26 Å². The molecule has 1 fully saturated rings. The molecule has 1 unspecified atom stereocenters. The fourth-order valence-electron chi connectivity index (χ4n) is 3.47. The molecule has 130 valence electrons. The zero-order chi connectivity index (χ0) is 17.9. The summed E-state index contributed by atoms with van der Waals surface area (Å²) in [5.74, 6) is 1.63. The lowest BCUT2D eigenvalue weighted by molar-refractivity contribution is 0.483. The molecule has 1 saturated heterocycles. The Morgan fingerprint density at radius 2 is 2.08 bits per heavy atom. The molecule has 1 N–H and O–H groups in total. The molecule has 3 heterocycles. The van der Waals surface area contributed by atoms with Crippen molar-refractivity contribution in [3.05, 3.63) is 70.5 Å².